The van der Waals surface area contributed by atoms with E-state index in [9.17, 15) is 9.90 Å². The molecule has 138 valence electrons. The third-order valence-electron chi connectivity index (χ3n) is 5.21. The predicted octanol–water partition coefficient (Wildman–Crippen LogP) is 2.97. The predicted molar refractivity (Wildman–Crippen MR) is 99.0 cm³/mol. The first-order chi connectivity index (χ1) is 12.1. The summed E-state index contributed by atoms with van der Waals surface area (Å²) in [5.41, 5.74) is 2.05. The van der Waals surface area contributed by atoms with Gasteiger partial charge in [0.25, 0.3) is 0 Å². The molecule has 2 N–H and O–H groups in total. The molecule has 0 radical (unpaired) electrons. The van der Waals surface area contributed by atoms with Gasteiger partial charge >= 0.3 is 0 Å². The van der Waals surface area contributed by atoms with E-state index in [-0.39, 0.29) is 12.0 Å². The Hall–Kier alpha value is -1.59. The second-order valence-corrected chi connectivity index (χ2v) is 7.35. The lowest BCUT2D eigenvalue weighted by Gasteiger charge is -2.35. The molecule has 2 aliphatic rings. The van der Waals surface area contributed by atoms with Gasteiger partial charge in [-0.25, -0.2) is 0 Å². The van der Waals surface area contributed by atoms with E-state index in [0.717, 1.165) is 30.0 Å². The number of aryl methyl sites for hydroxylation is 1. The van der Waals surface area contributed by atoms with Gasteiger partial charge in [-0.3, -0.25) is 9.69 Å². The van der Waals surface area contributed by atoms with Crippen molar-refractivity contribution in [2.75, 3.05) is 25.0 Å². The second kappa shape index (κ2) is 8.68. The Labute approximate surface area is 150 Å². The zero-order chi connectivity index (χ0) is 17.6. The lowest BCUT2D eigenvalue weighted by atomic mass is 9.94. The number of nitrogens with one attached hydrogen (secondary N) is 1. The molecule has 1 heterocycles. The number of hydrogen-bond acceptors (Lipinski definition) is 4. The normalized spacial score (nSPS) is 19.4. The highest BCUT2D eigenvalue weighted by atomic mass is 16.5. The van der Waals surface area contributed by atoms with Gasteiger partial charge in [-0.15, -0.1) is 0 Å². The smallest absolute Gasteiger partial charge is 0.224 e. The van der Waals surface area contributed by atoms with Gasteiger partial charge in [-0.1, -0.05) is 19.3 Å². The van der Waals surface area contributed by atoms with Gasteiger partial charge in [0.2, 0.25) is 5.91 Å². The molecule has 1 atom stereocenters. The number of aliphatic hydroxyl groups excluding tert-OH is 1. The number of rotatable bonds is 7. The first kappa shape index (κ1) is 18.2. The van der Waals surface area contributed by atoms with Crippen LogP contribution in [0.2, 0.25) is 0 Å². The van der Waals surface area contributed by atoms with Crippen LogP contribution in [-0.2, 0) is 11.2 Å². The summed E-state index contributed by atoms with van der Waals surface area (Å²) in [5, 5.41) is 12.7. The summed E-state index contributed by atoms with van der Waals surface area (Å²) in [4.78, 5) is 13.8. The molecule has 1 saturated carbocycles. The number of fused-ring (bicyclic) bond motifs is 1. The molecule has 1 aliphatic carbocycles. The molecule has 1 fully saturated rings. The third kappa shape index (κ3) is 5.19. The van der Waals surface area contributed by atoms with E-state index in [1.165, 1.54) is 32.1 Å². The SMILES string of the molecule is CC(O)CN(CCOc1ccc2c(c1)CCC(=O)N2)C1CCCCC1. The maximum Gasteiger partial charge on any atom is 0.224 e. The molecule has 1 unspecified atom stereocenters. The van der Waals surface area contributed by atoms with Crippen molar-refractivity contribution in [2.45, 2.75) is 64.0 Å². The molecule has 1 aromatic rings. The van der Waals surface area contributed by atoms with Gasteiger partial charge in [0, 0.05) is 31.2 Å². The Bertz CT molecular complexity index is 582. The number of anilines is 1. The van der Waals surface area contributed by atoms with Crippen LogP contribution in [0, 0.1) is 0 Å². The molecule has 25 heavy (non-hydrogen) atoms. The van der Waals surface area contributed by atoms with Crippen LogP contribution in [-0.4, -0.2) is 47.8 Å². The molecule has 0 saturated heterocycles. The zero-order valence-electron chi connectivity index (χ0n) is 15.2. The first-order valence-electron chi connectivity index (χ1n) is 9.59. The van der Waals surface area contributed by atoms with Crippen LogP contribution in [0.3, 0.4) is 0 Å². The fourth-order valence-electron chi connectivity index (χ4n) is 3.94. The highest BCUT2D eigenvalue weighted by molar-refractivity contribution is 5.93. The van der Waals surface area contributed by atoms with Crippen molar-refractivity contribution in [2.24, 2.45) is 0 Å². The molecule has 5 heteroatoms. The monoisotopic (exact) mass is 346 g/mol. The van der Waals surface area contributed by atoms with Crippen LogP contribution >= 0.6 is 0 Å². The summed E-state index contributed by atoms with van der Waals surface area (Å²) in [7, 11) is 0. The maximum atomic E-state index is 11.4. The third-order valence-corrected chi connectivity index (χ3v) is 5.21. The lowest BCUT2D eigenvalue weighted by molar-refractivity contribution is -0.116. The molecule has 3 rings (SSSR count). The average Bonchev–Trinajstić information content (AvgIpc) is 2.61. The summed E-state index contributed by atoms with van der Waals surface area (Å²) >= 11 is 0. The van der Waals surface area contributed by atoms with Gasteiger partial charge in [-0.05, 0) is 49.9 Å². The second-order valence-electron chi connectivity index (χ2n) is 7.35. The van der Waals surface area contributed by atoms with Crippen LogP contribution in [0.1, 0.15) is 51.0 Å². The largest absolute Gasteiger partial charge is 0.492 e. The van der Waals surface area contributed by atoms with Crippen LogP contribution in [0.15, 0.2) is 18.2 Å². The molecular weight excluding hydrogens is 316 g/mol. The summed E-state index contributed by atoms with van der Waals surface area (Å²) in [6.07, 6.45) is 7.37. The van der Waals surface area contributed by atoms with Crippen molar-refractivity contribution in [3.05, 3.63) is 23.8 Å². The molecule has 1 aliphatic heterocycles. The van der Waals surface area contributed by atoms with Gasteiger partial charge in [0.05, 0.1) is 6.10 Å². The number of benzene rings is 1. The molecule has 1 amide bonds. The summed E-state index contributed by atoms with van der Waals surface area (Å²) in [6, 6.07) is 6.46. The number of amides is 1. The standard InChI is InChI=1S/C20H30N2O3/c1-15(23)14-22(17-5-3-2-4-6-17)11-12-25-18-8-9-19-16(13-18)7-10-20(24)21-19/h8-9,13,15,17,23H,2-7,10-12,14H2,1H3,(H,21,24). The number of aliphatic hydroxyl groups is 1. The Balaban J connectivity index is 1.53. The van der Waals surface area contributed by atoms with Crippen molar-refractivity contribution in [3.8, 4) is 5.75 Å². The highest BCUT2D eigenvalue weighted by Gasteiger charge is 2.22. The van der Waals surface area contributed by atoms with E-state index < -0.39 is 0 Å². The minimum Gasteiger partial charge on any atom is -0.492 e. The lowest BCUT2D eigenvalue weighted by Crippen LogP contribution is -2.43. The van der Waals surface area contributed by atoms with E-state index in [2.05, 4.69) is 10.2 Å². The van der Waals surface area contributed by atoms with Crippen molar-refractivity contribution in [1.29, 1.82) is 0 Å². The van der Waals surface area contributed by atoms with Gasteiger partial charge in [0.1, 0.15) is 12.4 Å². The number of carbonyl (C=O) groups is 1. The van der Waals surface area contributed by atoms with Crippen molar-refractivity contribution >= 4 is 11.6 Å². The van der Waals surface area contributed by atoms with E-state index in [1.54, 1.807) is 0 Å². The van der Waals surface area contributed by atoms with Crippen LogP contribution in [0.5, 0.6) is 5.75 Å². The topological polar surface area (TPSA) is 61.8 Å². The van der Waals surface area contributed by atoms with E-state index in [0.29, 0.717) is 25.6 Å². The zero-order valence-corrected chi connectivity index (χ0v) is 15.2. The van der Waals surface area contributed by atoms with Gasteiger partial charge in [-0.2, -0.15) is 0 Å². The molecule has 0 aromatic heterocycles. The molecular formula is C20H30N2O3. The summed E-state index contributed by atoms with van der Waals surface area (Å²) in [5.74, 6) is 0.943. The minimum atomic E-state index is -0.311. The van der Waals surface area contributed by atoms with Crippen LogP contribution in [0.4, 0.5) is 5.69 Å². The summed E-state index contributed by atoms with van der Waals surface area (Å²) in [6.45, 7) is 4.02. The van der Waals surface area contributed by atoms with E-state index in [4.69, 9.17) is 4.74 Å². The quantitative estimate of drug-likeness (QED) is 0.797. The Morgan fingerprint density at radius 1 is 1.28 bits per heavy atom. The van der Waals surface area contributed by atoms with Crippen LogP contribution < -0.4 is 10.1 Å². The number of nitrogens with zero attached hydrogens (tertiary/aromatic N) is 1. The Morgan fingerprint density at radius 3 is 2.84 bits per heavy atom. The first-order valence-corrected chi connectivity index (χ1v) is 9.59. The maximum absolute atomic E-state index is 11.4. The van der Waals surface area contributed by atoms with Crippen molar-refractivity contribution in [3.63, 3.8) is 0 Å². The van der Waals surface area contributed by atoms with Crippen molar-refractivity contribution < 1.29 is 14.6 Å². The number of carbonyl (C=O) groups excluding carboxylic acids is 1. The molecule has 0 bridgehead atoms. The summed E-state index contributed by atoms with van der Waals surface area (Å²) < 4.78 is 5.97. The molecule has 0 spiro atoms. The number of ether oxygens (including phenoxy) is 1. The van der Waals surface area contributed by atoms with E-state index in [1.807, 2.05) is 25.1 Å². The van der Waals surface area contributed by atoms with Gasteiger partial charge in [0.15, 0.2) is 0 Å². The highest BCUT2D eigenvalue weighted by Crippen LogP contribution is 2.27. The van der Waals surface area contributed by atoms with E-state index >= 15 is 0 Å². The number of hydrogen-bond donors (Lipinski definition) is 2. The Morgan fingerprint density at radius 2 is 2.08 bits per heavy atom. The fraction of sp³-hybridized carbons (Fsp3) is 0.650. The average molecular weight is 346 g/mol. The molecule has 1 aromatic carbocycles. The minimum absolute atomic E-state index is 0.0856. The van der Waals surface area contributed by atoms with Crippen molar-refractivity contribution in [1.82, 2.24) is 4.90 Å². The van der Waals surface area contributed by atoms with Crippen LogP contribution in [0.25, 0.3) is 0 Å². The Kier molecular flexibility index (Phi) is 6.32. The molecule has 5 nitrogen and oxygen atoms in total. The van der Waals surface area contributed by atoms with Gasteiger partial charge < -0.3 is 15.2 Å². The fourth-order valence-corrected chi connectivity index (χ4v) is 3.94.